The van der Waals surface area contributed by atoms with E-state index in [9.17, 15) is 4.79 Å². The highest BCUT2D eigenvalue weighted by Crippen LogP contribution is 2.15. The molecule has 3 rings (SSSR count). The fraction of sp³-hybridized carbons (Fsp3) is 0.174. The summed E-state index contributed by atoms with van der Waals surface area (Å²) in [5.41, 5.74) is 3.88. The molecule has 1 amide bonds. The van der Waals surface area contributed by atoms with Crippen molar-refractivity contribution in [3.8, 4) is 5.75 Å². The second-order valence-corrected chi connectivity index (χ2v) is 6.54. The van der Waals surface area contributed by atoms with Crippen molar-refractivity contribution in [1.29, 1.82) is 0 Å². The second kappa shape index (κ2) is 8.90. The number of ether oxygens (including phenoxy) is 1. The molecule has 0 saturated heterocycles. The van der Waals surface area contributed by atoms with Crippen LogP contribution < -0.4 is 15.0 Å². The molecule has 0 unspecified atom stereocenters. The molecule has 0 aliphatic rings. The van der Waals surface area contributed by atoms with E-state index in [0.717, 1.165) is 22.6 Å². The van der Waals surface area contributed by atoms with Gasteiger partial charge < -0.3 is 15.0 Å². The van der Waals surface area contributed by atoms with Crippen LogP contribution >= 0.6 is 0 Å². The van der Waals surface area contributed by atoms with Crippen LogP contribution in [0, 0.1) is 0 Å². The first-order chi connectivity index (χ1) is 13.1. The molecular formula is C23H24N2O2. The Hall–Kier alpha value is -3.27. The summed E-state index contributed by atoms with van der Waals surface area (Å²) < 4.78 is 5.78. The largest absolute Gasteiger partial charge is 0.489 e. The summed E-state index contributed by atoms with van der Waals surface area (Å²) in [6, 6.07) is 25.4. The highest BCUT2D eigenvalue weighted by atomic mass is 16.5. The predicted octanol–water partition coefficient (Wildman–Crippen LogP) is 4.26. The van der Waals surface area contributed by atoms with Gasteiger partial charge in [-0.15, -0.1) is 0 Å². The van der Waals surface area contributed by atoms with E-state index in [4.69, 9.17) is 4.74 Å². The Morgan fingerprint density at radius 2 is 1.52 bits per heavy atom. The number of nitrogens with one attached hydrogen (secondary N) is 1. The Morgan fingerprint density at radius 1 is 0.852 bits per heavy atom. The minimum absolute atomic E-state index is 0.0790. The van der Waals surface area contributed by atoms with Crippen LogP contribution in [0.5, 0.6) is 5.75 Å². The van der Waals surface area contributed by atoms with E-state index in [0.29, 0.717) is 18.7 Å². The van der Waals surface area contributed by atoms with Gasteiger partial charge in [0.25, 0.3) is 5.91 Å². The van der Waals surface area contributed by atoms with E-state index >= 15 is 0 Å². The molecule has 0 saturated carbocycles. The van der Waals surface area contributed by atoms with Crippen molar-refractivity contribution in [2.24, 2.45) is 0 Å². The van der Waals surface area contributed by atoms with Crippen LogP contribution in [0.2, 0.25) is 0 Å². The zero-order valence-electron chi connectivity index (χ0n) is 15.7. The van der Waals surface area contributed by atoms with Crippen molar-refractivity contribution in [2.75, 3.05) is 19.0 Å². The number of anilines is 1. The fourth-order valence-electron chi connectivity index (χ4n) is 2.64. The Labute approximate surface area is 160 Å². The number of hydrogen-bond acceptors (Lipinski definition) is 3. The average molecular weight is 360 g/mol. The SMILES string of the molecule is CN(C)c1ccc(C(=O)NCc2ccc(OCc3ccccc3)cc2)cc1. The maximum absolute atomic E-state index is 12.3. The second-order valence-electron chi connectivity index (χ2n) is 6.54. The third kappa shape index (κ3) is 5.35. The molecule has 4 nitrogen and oxygen atoms in total. The van der Waals surface area contributed by atoms with Crippen molar-refractivity contribution in [3.63, 3.8) is 0 Å². The zero-order valence-corrected chi connectivity index (χ0v) is 15.7. The minimum Gasteiger partial charge on any atom is -0.489 e. The monoisotopic (exact) mass is 360 g/mol. The summed E-state index contributed by atoms with van der Waals surface area (Å²) in [4.78, 5) is 14.3. The van der Waals surface area contributed by atoms with E-state index < -0.39 is 0 Å². The zero-order chi connectivity index (χ0) is 19.1. The summed E-state index contributed by atoms with van der Waals surface area (Å²) >= 11 is 0. The molecule has 0 bridgehead atoms. The van der Waals surface area contributed by atoms with Crippen molar-refractivity contribution in [1.82, 2.24) is 5.32 Å². The minimum atomic E-state index is -0.0790. The lowest BCUT2D eigenvalue weighted by atomic mass is 10.1. The predicted molar refractivity (Wildman–Crippen MR) is 109 cm³/mol. The molecule has 0 atom stereocenters. The summed E-state index contributed by atoms with van der Waals surface area (Å²) in [6.45, 7) is 1.02. The summed E-state index contributed by atoms with van der Waals surface area (Å²) in [5, 5.41) is 2.95. The quantitative estimate of drug-likeness (QED) is 0.684. The van der Waals surface area contributed by atoms with E-state index in [1.807, 2.05) is 97.9 Å². The molecule has 0 aromatic heterocycles. The van der Waals surface area contributed by atoms with Crippen molar-refractivity contribution < 1.29 is 9.53 Å². The molecule has 27 heavy (non-hydrogen) atoms. The summed E-state index contributed by atoms with van der Waals surface area (Å²) in [7, 11) is 3.95. The average Bonchev–Trinajstić information content (AvgIpc) is 2.72. The molecule has 1 N–H and O–H groups in total. The number of hydrogen-bond donors (Lipinski definition) is 1. The molecular weight excluding hydrogens is 336 g/mol. The van der Waals surface area contributed by atoms with Gasteiger partial charge in [0.2, 0.25) is 0 Å². The number of carbonyl (C=O) groups excluding carboxylic acids is 1. The van der Waals surface area contributed by atoms with Gasteiger partial charge in [-0.3, -0.25) is 4.79 Å². The van der Waals surface area contributed by atoms with Crippen LogP contribution in [-0.2, 0) is 13.2 Å². The Kier molecular flexibility index (Phi) is 6.10. The Balaban J connectivity index is 1.50. The lowest BCUT2D eigenvalue weighted by Crippen LogP contribution is -2.22. The van der Waals surface area contributed by atoms with Crippen molar-refractivity contribution in [2.45, 2.75) is 13.2 Å². The van der Waals surface area contributed by atoms with Crippen LogP contribution in [0.3, 0.4) is 0 Å². The number of amides is 1. The topological polar surface area (TPSA) is 41.6 Å². The number of rotatable bonds is 7. The molecule has 0 fully saturated rings. The molecule has 0 radical (unpaired) electrons. The highest BCUT2D eigenvalue weighted by Gasteiger charge is 2.06. The third-order valence-corrected chi connectivity index (χ3v) is 4.27. The van der Waals surface area contributed by atoms with Crippen LogP contribution in [0.25, 0.3) is 0 Å². The molecule has 0 aliphatic heterocycles. The van der Waals surface area contributed by atoms with Gasteiger partial charge in [0.05, 0.1) is 0 Å². The highest BCUT2D eigenvalue weighted by molar-refractivity contribution is 5.94. The third-order valence-electron chi connectivity index (χ3n) is 4.27. The van der Waals surface area contributed by atoms with Crippen LogP contribution in [0.1, 0.15) is 21.5 Å². The van der Waals surface area contributed by atoms with E-state index in [2.05, 4.69) is 5.32 Å². The smallest absolute Gasteiger partial charge is 0.251 e. The van der Waals surface area contributed by atoms with Gasteiger partial charge in [0.1, 0.15) is 12.4 Å². The lowest BCUT2D eigenvalue weighted by molar-refractivity contribution is 0.0951. The Morgan fingerprint density at radius 3 is 2.15 bits per heavy atom. The normalized spacial score (nSPS) is 10.3. The first-order valence-electron chi connectivity index (χ1n) is 8.93. The van der Waals surface area contributed by atoms with Crippen molar-refractivity contribution in [3.05, 3.63) is 95.6 Å². The van der Waals surface area contributed by atoms with Crippen molar-refractivity contribution >= 4 is 11.6 Å². The van der Waals surface area contributed by atoms with Crippen LogP contribution in [0.4, 0.5) is 5.69 Å². The molecule has 0 aliphatic carbocycles. The van der Waals surface area contributed by atoms with Gasteiger partial charge in [-0.2, -0.15) is 0 Å². The number of carbonyl (C=O) groups is 1. The van der Waals surface area contributed by atoms with Gasteiger partial charge in [0, 0.05) is 31.9 Å². The molecule has 3 aromatic carbocycles. The lowest BCUT2D eigenvalue weighted by Gasteiger charge is -2.12. The van der Waals surface area contributed by atoms with Gasteiger partial charge in [-0.1, -0.05) is 42.5 Å². The van der Waals surface area contributed by atoms with Gasteiger partial charge in [-0.05, 0) is 47.5 Å². The van der Waals surface area contributed by atoms with E-state index in [1.165, 1.54) is 0 Å². The number of benzene rings is 3. The molecule has 138 valence electrons. The number of nitrogens with zero attached hydrogens (tertiary/aromatic N) is 1. The van der Waals surface area contributed by atoms with E-state index in [-0.39, 0.29) is 5.91 Å². The maximum atomic E-state index is 12.3. The Bertz CT molecular complexity index is 857. The van der Waals surface area contributed by atoms with E-state index in [1.54, 1.807) is 0 Å². The van der Waals surface area contributed by atoms with Crippen LogP contribution in [0.15, 0.2) is 78.9 Å². The molecule has 4 heteroatoms. The first kappa shape index (κ1) is 18.5. The maximum Gasteiger partial charge on any atom is 0.251 e. The standard InChI is InChI=1S/C23H24N2O2/c1-25(2)21-12-10-20(11-13-21)23(26)24-16-18-8-14-22(15-9-18)27-17-19-6-4-3-5-7-19/h3-15H,16-17H2,1-2H3,(H,24,26). The molecule has 0 spiro atoms. The van der Waals surface area contributed by atoms with Gasteiger partial charge in [-0.25, -0.2) is 0 Å². The first-order valence-corrected chi connectivity index (χ1v) is 8.93. The summed E-state index contributed by atoms with van der Waals surface area (Å²) in [6.07, 6.45) is 0. The molecule has 3 aromatic rings. The van der Waals surface area contributed by atoms with Gasteiger partial charge >= 0.3 is 0 Å². The van der Waals surface area contributed by atoms with Crippen LogP contribution in [-0.4, -0.2) is 20.0 Å². The summed E-state index contributed by atoms with van der Waals surface area (Å²) in [5.74, 6) is 0.734. The molecule has 0 heterocycles. The fourth-order valence-corrected chi connectivity index (χ4v) is 2.64. The van der Waals surface area contributed by atoms with Gasteiger partial charge in [0.15, 0.2) is 0 Å².